The molecule has 1 aliphatic heterocycles. The fourth-order valence-corrected chi connectivity index (χ4v) is 1.72. The first-order valence-electron chi connectivity index (χ1n) is 4.79. The predicted molar refractivity (Wildman–Crippen MR) is 51.8 cm³/mol. The molecule has 2 rings (SSSR count). The molecule has 76 valence electrons. The summed E-state index contributed by atoms with van der Waals surface area (Å²) in [6, 6.07) is 0. The average molecular weight is 194 g/mol. The summed E-state index contributed by atoms with van der Waals surface area (Å²) in [5.74, 6) is 0. The SMILES string of the molecule is O=CC(N1CCNCC1)n1ccnc1. The molecule has 0 bridgehead atoms. The van der Waals surface area contributed by atoms with E-state index in [1.165, 1.54) is 0 Å². The highest BCUT2D eigenvalue weighted by Crippen LogP contribution is 2.10. The third-order valence-electron chi connectivity index (χ3n) is 2.48. The summed E-state index contributed by atoms with van der Waals surface area (Å²) < 4.78 is 1.83. The lowest BCUT2D eigenvalue weighted by Gasteiger charge is -2.32. The molecule has 1 aromatic heterocycles. The van der Waals surface area contributed by atoms with Gasteiger partial charge in [0.2, 0.25) is 0 Å². The molecular weight excluding hydrogens is 180 g/mol. The van der Waals surface area contributed by atoms with Crippen molar-refractivity contribution in [2.24, 2.45) is 0 Å². The molecule has 0 spiro atoms. The van der Waals surface area contributed by atoms with E-state index in [4.69, 9.17) is 0 Å². The quantitative estimate of drug-likeness (QED) is 0.658. The third-order valence-corrected chi connectivity index (χ3v) is 2.48. The van der Waals surface area contributed by atoms with Crippen LogP contribution in [0.5, 0.6) is 0 Å². The highest BCUT2D eigenvalue weighted by molar-refractivity contribution is 5.55. The maximum atomic E-state index is 11.0. The Morgan fingerprint density at radius 1 is 1.43 bits per heavy atom. The van der Waals surface area contributed by atoms with Gasteiger partial charge in [0.25, 0.3) is 0 Å². The lowest BCUT2D eigenvalue weighted by molar-refractivity contribution is -0.115. The number of piperazine rings is 1. The number of aldehydes is 1. The Morgan fingerprint density at radius 2 is 2.21 bits per heavy atom. The second-order valence-corrected chi connectivity index (χ2v) is 3.35. The molecule has 1 aliphatic rings. The molecule has 2 heterocycles. The maximum Gasteiger partial charge on any atom is 0.157 e. The lowest BCUT2D eigenvalue weighted by atomic mass is 10.3. The Kier molecular flexibility index (Phi) is 2.90. The van der Waals surface area contributed by atoms with Crippen LogP contribution in [0.25, 0.3) is 0 Å². The zero-order chi connectivity index (χ0) is 9.80. The molecule has 14 heavy (non-hydrogen) atoms. The van der Waals surface area contributed by atoms with Gasteiger partial charge in [0.15, 0.2) is 6.29 Å². The lowest BCUT2D eigenvalue weighted by Crippen LogP contribution is -2.46. The van der Waals surface area contributed by atoms with Crippen LogP contribution in [0.4, 0.5) is 0 Å². The zero-order valence-corrected chi connectivity index (χ0v) is 7.97. The summed E-state index contributed by atoms with van der Waals surface area (Å²) >= 11 is 0. The molecule has 0 aliphatic carbocycles. The average Bonchev–Trinajstić information content (AvgIpc) is 2.74. The number of nitrogens with zero attached hydrogens (tertiary/aromatic N) is 3. The summed E-state index contributed by atoms with van der Waals surface area (Å²) in [5.41, 5.74) is 0. The molecule has 0 saturated carbocycles. The monoisotopic (exact) mass is 194 g/mol. The van der Waals surface area contributed by atoms with Crippen LogP contribution >= 0.6 is 0 Å². The van der Waals surface area contributed by atoms with E-state index in [1.54, 1.807) is 12.5 Å². The summed E-state index contributed by atoms with van der Waals surface area (Å²) in [6.07, 6.45) is 5.97. The summed E-state index contributed by atoms with van der Waals surface area (Å²) in [7, 11) is 0. The van der Waals surface area contributed by atoms with Gasteiger partial charge in [-0.3, -0.25) is 9.69 Å². The normalized spacial score (nSPS) is 20.6. The van der Waals surface area contributed by atoms with Gasteiger partial charge in [-0.15, -0.1) is 0 Å². The first-order chi connectivity index (χ1) is 6.92. The molecule has 1 N–H and O–H groups in total. The van der Waals surface area contributed by atoms with E-state index < -0.39 is 0 Å². The van der Waals surface area contributed by atoms with Gasteiger partial charge in [-0.1, -0.05) is 0 Å². The van der Waals surface area contributed by atoms with E-state index in [1.807, 2.05) is 10.8 Å². The van der Waals surface area contributed by atoms with Gasteiger partial charge in [0.05, 0.1) is 6.33 Å². The summed E-state index contributed by atoms with van der Waals surface area (Å²) in [4.78, 5) is 17.1. The third kappa shape index (κ3) is 1.83. The van der Waals surface area contributed by atoms with E-state index in [0.29, 0.717) is 0 Å². The van der Waals surface area contributed by atoms with E-state index in [-0.39, 0.29) is 6.17 Å². The second-order valence-electron chi connectivity index (χ2n) is 3.35. The first kappa shape index (κ1) is 9.36. The van der Waals surface area contributed by atoms with Crippen molar-refractivity contribution >= 4 is 6.29 Å². The highest BCUT2D eigenvalue weighted by Gasteiger charge is 2.20. The fraction of sp³-hybridized carbons (Fsp3) is 0.556. The van der Waals surface area contributed by atoms with Crippen molar-refractivity contribution in [2.45, 2.75) is 6.17 Å². The van der Waals surface area contributed by atoms with E-state index >= 15 is 0 Å². The van der Waals surface area contributed by atoms with Gasteiger partial charge in [0.1, 0.15) is 6.17 Å². The summed E-state index contributed by atoms with van der Waals surface area (Å²) in [5, 5.41) is 3.26. The van der Waals surface area contributed by atoms with Gasteiger partial charge < -0.3 is 9.88 Å². The van der Waals surface area contributed by atoms with Crippen LogP contribution in [-0.4, -0.2) is 46.9 Å². The smallest absolute Gasteiger partial charge is 0.157 e. The Bertz CT molecular complexity index is 279. The molecular formula is C9H14N4O. The van der Waals surface area contributed by atoms with Crippen molar-refractivity contribution in [1.29, 1.82) is 0 Å². The minimum Gasteiger partial charge on any atom is -0.314 e. The number of hydrogen-bond donors (Lipinski definition) is 1. The van der Waals surface area contributed by atoms with Gasteiger partial charge in [-0.25, -0.2) is 4.98 Å². The number of imidazole rings is 1. The molecule has 0 aromatic carbocycles. The number of nitrogens with one attached hydrogen (secondary N) is 1. The predicted octanol–water partition coefficient (Wildman–Crippen LogP) is -0.514. The number of carbonyl (C=O) groups is 1. The summed E-state index contributed by atoms with van der Waals surface area (Å²) in [6.45, 7) is 3.70. The van der Waals surface area contributed by atoms with Crippen LogP contribution in [-0.2, 0) is 4.79 Å². The Labute approximate surface area is 82.7 Å². The standard InChI is InChI=1S/C9H14N4O/c14-7-9(13-6-3-11-8-13)12-4-1-10-2-5-12/h3,6-10H,1-2,4-5H2. The molecule has 5 nitrogen and oxygen atoms in total. The molecule has 0 amide bonds. The Morgan fingerprint density at radius 3 is 2.79 bits per heavy atom. The first-order valence-corrected chi connectivity index (χ1v) is 4.79. The number of carbonyl (C=O) groups excluding carboxylic acids is 1. The highest BCUT2D eigenvalue weighted by atomic mass is 16.1. The van der Waals surface area contributed by atoms with Gasteiger partial charge in [0, 0.05) is 38.6 Å². The van der Waals surface area contributed by atoms with E-state index in [9.17, 15) is 4.79 Å². The van der Waals surface area contributed by atoms with Crippen molar-refractivity contribution in [3.8, 4) is 0 Å². The Hall–Kier alpha value is -1.20. The largest absolute Gasteiger partial charge is 0.314 e. The van der Waals surface area contributed by atoms with Crippen molar-refractivity contribution in [1.82, 2.24) is 19.8 Å². The van der Waals surface area contributed by atoms with Crippen molar-refractivity contribution in [3.63, 3.8) is 0 Å². The van der Waals surface area contributed by atoms with Gasteiger partial charge in [-0.05, 0) is 0 Å². The minimum absolute atomic E-state index is 0.195. The number of hydrogen-bond acceptors (Lipinski definition) is 4. The maximum absolute atomic E-state index is 11.0. The molecule has 1 unspecified atom stereocenters. The number of aromatic nitrogens is 2. The molecule has 5 heteroatoms. The molecule has 1 saturated heterocycles. The molecule has 1 aromatic rings. The van der Waals surface area contributed by atoms with E-state index in [0.717, 1.165) is 32.5 Å². The van der Waals surface area contributed by atoms with Crippen molar-refractivity contribution < 1.29 is 4.79 Å². The molecule has 1 atom stereocenters. The molecule has 1 fully saturated rings. The van der Waals surface area contributed by atoms with Crippen LogP contribution in [0, 0.1) is 0 Å². The zero-order valence-electron chi connectivity index (χ0n) is 7.97. The van der Waals surface area contributed by atoms with Crippen LogP contribution < -0.4 is 5.32 Å². The van der Waals surface area contributed by atoms with Crippen LogP contribution in [0.2, 0.25) is 0 Å². The van der Waals surface area contributed by atoms with Gasteiger partial charge >= 0.3 is 0 Å². The van der Waals surface area contributed by atoms with Crippen LogP contribution in [0.15, 0.2) is 18.7 Å². The Balaban J connectivity index is 2.08. The van der Waals surface area contributed by atoms with Crippen LogP contribution in [0.3, 0.4) is 0 Å². The van der Waals surface area contributed by atoms with E-state index in [2.05, 4.69) is 15.2 Å². The number of rotatable bonds is 3. The topological polar surface area (TPSA) is 50.2 Å². The van der Waals surface area contributed by atoms with Crippen molar-refractivity contribution in [3.05, 3.63) is 18.7 Å². The second kappa shape index (κ2) is 4.34. The minimum atomic E-state index is -0.195. The van der Waals surface area contributed by atoms with Gasteiger partial charge in [-0.2, -0.15) is 0 Å². The molecule has 0 radical (unpaired) electrons. The fourth-order valence-electron chi connectivity index (χ4n) is 1.72. The van der Waals surface area contributed by atoms with Crippen molar-refractivity contribution in [2.75, 3.05) is 26.2 Å². The van der Waals surface area contributed by atoms with Crippen LogP contribution in [0.1, 0.15) is 6.17 Å².